The Morgan fingerprint density at radius 3 is 2.56 bits per heavy atom. The van der Waals surface area contributed by atoms with E-state index in [1.54, 1.807) is 6.20 Å². The van der Waals surface area contributed by atoms with E-state index in [0.29, 0.717) is 12.3 Å². The van der Waals surface area contributed by atoms with E-state index < -0.39 is 0 Å². The Kier molecular flexibility index (Phi) is 4.40. The van der Waals surface area contributed by atoms with Crippen molar-refractivity contribution >= 4 is 0 Å². The Morgan fingerprint density at radius 1 is 1.25 bits per heavy atom. The van der Waals surface area contributed by atoms with Crippen LogP contribution in [0.3, 0.4) is 0 Å². The van der Waals surface area contributed by atoms with Gasteiger partial charge < -0.3 is 10.1 Å². The third-order valence-corrected chi connectivity index (χ3v) is 3.65. The highest BCUT2D eigenvalue weighted by Crippen LogP contribution is 2.25. The minimum atomic E-state index is -0.218. The smallest absolute Gasteiger partial charge is 0.108 e. The van der Waals surface area contributed by atoms with E-state index >= 15 is 0 Å². The lowest BCUT2D eigenvalue weighted by Gasteiger charge is -2.24. The molecule has 1 fully saturated rings. The highest BCUT2D eigenvalue weighted by Gasteiger charge is 2.20. The molecule has 16 heavy (non-hydrogen) atoms. The van der Waals surface area contributed by atoms with Crippen LogP contribution in [0.1, 0.15) is 50.8 Å². The molecule has 0 aromatic carbocycles. The molecule has 1 saturated carbocycles. The first-order valence-electron chi connectivity index (χ1n) is 6.52. The summed E-state index contributed by atoms with van der Waals surface area (Å²) in [5.41, 5.74) is 0. The maximum absolute atomic E-state index is 10.2. The minimum Gasteiger partial charge on any atom is -0.392 e. The number of rotatable bonds is 3. The highest BCUT2D eigenvalue weighted by molar-refractivity contribution is 4.90. The molecule has 3 heteroatoms. The first-order valence-corrected chi connectivity index (χ1v) is 6.52. The number of aliphatic hydroxyl groups is 1. The third kappa shape index (κ3) is 3.34. The number of hydrogen-bond acceptors (Lipinski definition) is 2. The van der Waals surface area contributed by atoms with Gasteiger partial charge in [0, 0.05) is 18.8 Å². The molecule has 0 spiro atoms. The average Bonchev–Trinajstić information content (AvgIpc) is 2.69. The second-order valence-electron chi connectivity index (χ2n) is 4.91. The van der Waals surface area contributed by atoms with E-state index in [0.717, 1.165) is 5.82 Å². The quantitative estimate of drug-likeness (QED) is 0.826. The van der Waals surface area contributed by atoms with Gasteiger partial charge in [-0.05, 0) is 18.8 Å². The van der Waals surface area contributed by atoms with Crippen molar-refractivity contribution in [1.29, 1.82) is 0 Å². The molecule has 90 valence electrons. The van der Waals surface area contributed by atoms with Crippen LogP contribution in [0, 0.1) is 5.92 Å². The number of aliphatic hydroxyl groups excluding tert-OH is 1. The van der Waals surface area contributed by atoms with Crippen LogP contribution < -0.4 is 0 Å². The fourth-order valence-electron chi connectivity index (χ4n) is 2.65. The second kappa shape index (κ2) is 6.04. The molecule has 0 radical (unpaired) electrons. The van der Waals surface area contributed by atoms with E-state index in [2.05, 4.69) is 9.97 Å². The molecule has 1 heterocycles. The molecule has 1 aromatic heterocycles. The van der Waals surface area contributed by atoms with Crippen LogP contribution in [0.15, 0.2) is 12.4 Å². The molecular formula is C13H22N2O. The van der Waals surface area contributed by atoms with Crippen molar-refractivity contribution in [2.24, 2.45) is 5.92 Å². The molecule has 1 atom stereocenters. The van der Waals surface area contributed by atoms with Crippen LogP contribution in [-0.4, -0.2) is 21.2 Å². The van der Waals surface area contributed by atoms with Crippen LogP contribution in [0.2, 0.25) is 0 Å². The normalized spacial score (nSPS) is 21.3. The zero-order valence-electron chi connectivity index (χ0n) is 9.86. The number of nitrogens with zero attached hydrogens (tertiary/aromatic N) is 1. The molecule has 1 aliphatic rings. The lowest BCUT2D eigenvalue weighted by Crippen LogP contribution is -2.24. The summed E-state index contributed by atoms with van der Waals surface area (Å²) in [4.78, 5) is 7.24. The topological polar surface area (TPSA) is 48.9 Å². The SMILES string of the molecule is OC(Cc1ncc[nH]1)C1CCCCCCC1. The summed E-state index contributed by atoms with van der Waals surface area (Å²) in [5.74, 6) is 1.39. The summed E-state index contributed by atoms with van der Waals surface area (Å²) < 4.78 is 0. The second-order valence-corrected chi connectivity index (χ2v) is 4.91. The van der Waals surface area contributed by atoms with Crippen LogP contribution in [0.5, 0.6) is 0 Å². The molecule has 0 amide bonds. The Hall–Kier alpha value is -0.830. The zero-order valence-corrected chi connectivity index (χ0v) is 9.86. The van der Waals surface area contributed by atoms with Gasteiger partial charge >= 0.3 is 0 Å². The molecular weight excluding hydrogens is 200 g/mol. The van der Waals surface area contributed by atoms with Crippen molar-refractivity contribution in [2.45, 2.75) is 57.5 Å². The Labute approximate surface area is 97.3 Å². The molecule has 1 unspecified atom stereocenters. The largest absolute Gasteiger partial charge is 0.392 e. The molecule has 2 rings (SSSR count). The fraction of sp³-hybridized carbons (Fsp3) is 0.769. The summed E-state index contributed by atoms with van der Waals surface area (Å²) in [6, 6.07) is 0. The lowest BCUT2D eigenvalue weighted by atomic mass is 9.86. The molecule has 2 N–H and O–H groups in total. The summed E-state index contributed by atoms with van der Waals surface area (Å²) in [6.07, 6.45) is 13.0. The van der Waals surface area contributed by atoms with Crippen molar-refractivity contribution in [3.05, 3.63) is 18.2 Å². The fourth-order valence-corrected chi connectivity index (χ4v) is 2.65. The molecule has 0 aliphatic heterocycles. The zero-order chi connectivity index (χ0) is 11.2. The first kappa shape index (κ1) is 11.6. The van der Waals surface area contributed by atoms with E-state index in [9.17, 15) is 5.11 Å². The van der Waals surface area contributed by atoms with Gasteiger partial charge in [-0.3, -0.25) is 0 Å². The van der Waals surface area contributed by atoms with Crippen LogP contribution >= 0.6 is 0 Å². The molecule has 1 aliphatic carbocycles. The van der Waals surface area contributed by atoms with Crippen molar-refractivity contribution in [3.8, 4) is 0 Å². The standard InChI is InChI=1S/C13H22N2O/c16-12(10-13-14-8-9-15-13)11-6-4-2-1-3-5-7-11/h8-9,11-12,16H,1-7,10H2,(H,14,15). The summed E-state index contributed by atoms with van der Waals surface area (Å²) in [6.45, 7) is 0. The van der Waals surface area contributed by atoms with Crippen molar-refractivity contribution < 1.29 is 5.11 Å². The van der Waals surface area contributed by atoms with Gasteiger partial charge in [-0.15, -0.1) is 0 Å². The molecule has 1 aromatic rings. The number of aromatic nitrogens is 2. The number of nitrogens with one attached hydrogen (secondary N) is 1. The summed E-state index contributed by atoms with van der Waals surface area (Å²) >= 11 is 0. The van der Waals surface area contributed by atoms with E-state index in [1.165, 1.54) is 44.9 Å². The molecule has 0 bridgehead atoms. The van der Waals surface area contributed by atoms with Gasteiger partial charge in [-0.2, -0.15) is 0 Å². The summed E-state index contributed by atoms with van der Waals surface area (Å²) in [5, 5.41) is 10.2. The lowest BCUT2D eigenvalue weighted by molar-refractivity contribution is 0.0897. The van der Waals surface area contributed by atoms with Crippen LogP contribution in [0.25, 0.3) is 0 Å². The first-order chi connectivity index (χ1) is 7.86. The Bertz CT molecular complexity index is 276. The Balaban J connectivity index is 1.84. The van der Waals surface area contributed by atoms with E-state index in [-0.39, 0.29) is 6.10 Å². The van der Waals surface area contributed by atoms with Gasteiger partial charge in [0.1, 0.15) is 5.82 Å². The monoisotopic (exact) mass is 222 g/mol. The van der Waals surface area contributed by atoms with Crippen molar-refractivity contribution in [3.63, 3.8) is 0 Å². The maximum Gasteiger partial charge on any atom is 0.108 e. The van der Waals surface area contributed by atoms with Gasteiger partial charge in [0.25, 0.3) is 0 Å². The van der Waals surface area contributed by atoms with Crippen LogP contribution in [-0.2, 0) is 6.42 Å². The van der Waals surface area contributed by atoms with Crippen molar-refractivity contribution in [1.82, 2.24) is 9.97 Å². The minimum absolute atomic E-state index is 0.218. The number of aromatic amines is 1. The molecule has 0 saturated heterocycles. The van der Waals surface area contributed by atoms with Gasteiger partial charge in [0.05, 0.1) is 6.10 Å². The van der Waals surface area contributed by atoms with Gasteiger partial charge in [-0.1, -0.05) is 32.1 Å². The van der Waals surface area contributed by atoms with Gasteiger partial charge in [-0.25, -0.2) is 4.98 Å². The third-order valence-electron chi connectivity index (χ3n) is 3.65. The predicted molar refractivity (Wildman–Crippen MR) is 64.1 cm³/mol. The number of hydrogen-bond donors (Lipinski definition) is 2. The average molecular weight is 222 g/mol. The maximum atomic E-state index is 10.2. The Morgan fingerprint density at radius 2 is 1.94 bits per heavy atom. The van der Waals surface area contributed by atoms with Gasteiger partial charge in [0.15, 0.2) is 0 Å². The summed E-state index contributed by atoms with van der Waals surface area (Å²) in [7, 11) is 0. The predicted octanol–water partition coefficient (Wildman–Crippen LogP) is 2.67. The van der Waals surface area contributed by atoms with Gasteiger partial charge in [0.2, 0.25) is 0 Å². The van der Waals surface area contributed by atoms with E-state index in [1.807, 2.05) is 6.20 Å². The van der Waals surface area contributed by atoms with E-state index in [4.69, 9.17) is 0 Å². The highest BCUT2D eigenvalue weighted by atomic mass is 16.3. The number of imidazole rings is 1. The van der Waals surface area contributed by atoms with Crippen LogP contribution in [0.4, 0.5) is 0 Å². The molecule has 3 nitrogen and oxygen atoms in total. The van der Waals surface area contributed by atoms with Crippen molar-refractivity contribution in [2.75, 3.05) is 0 Å². The number of H-pyrrole nitrogens is 1.